The van der Waals surface area contributed by atoms with E-state index in [0.717, 1.165) is 56.6 Å². The van der Waals surface area contributed by atoms with Gasteiger partial charge < -0.3 is 0 Å². The Kier molecular flexibility index (Phi) is 70.6. The first-order valence-corrected chi connectivity index (χ1v) is 25.4. The van der Waals surface area contributed by atoms with Crippen molar-refractivity contribution in [3.05, 3.63) is 94.6 Å². The third-order valence-electron chi connectivity index (χ3n) is 6.52. The molecule has 62 heavy (non-hydrogen) atoms. The highest BCUT2D eigenvalue weighted by molar-refractivity contribution is 5.24. The maximum Gasteiger partial charge on any atom is 0.0824 e. The Bertz CT molecular complexity index is 1190. The number of nitrogens with zero attached hydrogens (tertiary/aromatic N) is 6. The Labute approximate surface area is 391 Å². The van der Waals surface area contributed by atoms with Crippen LogP contribution in [0.3, 0.4) is 0 Å². The highest BCUT2D eigenvalue weighted by Crippen LogP contribution is 2.21. The van der Waals surface area contributed by atoms with E-state index in [1.54, 1.807) is 0 Å². The highest BCUT2D eigenvalue weighted by atomic mass is 15.4. The molecule has 2 aromatic carbocycles. The lowest BCUT2D eigenvalue weighted by atomic mass is 9.87. The van der Waals surface area contributed by atoms with E-state index in [-0.39, 0.29) is 0 Å². The van der Waals surface area contributed by atoms with E-state index in [2.05, 4.69) is 221 Å². The average Bonchev–Trinajstić information content (AvgIpc) is 3.93. The summed E-state index contributed by atoms with van der Waals surface area (Å²) in [6.45, 7) is 53.2. The number of benzene rings is 2. The molecule has 0 aliphatic heterocycles. The van der Waals surface area contributed by atoms with Crippen molar-refractivity contribution in [3.63, 3.8) is 0 Å². The minimum absolute atomic E-state index is 0.395. The van der Waals surface area contributed by atoms with Crippen LogP contribution in [0.25, 0.3) is 0 Å². The van der Waals surface area contributed by atoms with Crippen molar-refractivity contribution in [2.75, 3.05) is 0 Å². The molecule has 6 heteroatoms. The van der Waals surface area contributed by atoms with Crippen LogP contribution in [0.15, 0.2) is 60.9 Å². The van der Waals surface area contributed by atoms with Gasteiger partial charge in [0.15, 0.2) is 0 Å². The first kappa shape index (κ1) is 73.1. The number of hydrogen-bond donors (Lipinski definition) is 0. The smallest absolute Gasteiger partial charge is 0.0824 e. The van der Waals surface area contributed by atoms with Crippen molar-refractivity contribution in [2.24, 2.45) is 5.41 Å². The topological polar surface area (TPSA) is 61.4 Å². The number of rotatable bonds is 8. The molecular weight excluding hydrogens is 757 g/mol. The lowest BCUT2D eigenvalue weighted by molar-refractivity contribution is 0.411. The fourth-order valence-corrected chi connectivity index (χ4v) is 3.89. The molecule has 366 valence electrons. The molecule has 0 saturated carbocycles. The molecule has 0 bridgehead atoms. The summed E-state index contributed by atoms with van der Waals surface area (Å²) in [5.41, 5.74) is 8.29. The zero-order valence-electron chi connectivity index (χ0n) is 46.6. The van der Waals surface area contributed by atoms with Gasteiger partial charge in [0.1, 0.15) is 0 Å². The largest absolute Gasteiger partial charge is 0.253 e. The third-order valence-corrected chi connectivity index (χ3v) is 6.52. The maximum atomic E-state index is 3.92. The number of hydrogen-bond acceptors (Lipinski definition) is 4. The zero-order chi connectivity index (χ0) is 49.6. The van der Waals surface area contributed by atoms with Crippen LogP contribution >= 0.6 is 0 Å². The molecule has 0 aliphatic rings. The molecule has 4 aromatic rings. The van der Waals surface area contributed by atoms with Crippen LogP contribution in [-0.2, 0) is 51.6 Å². The molecule has 2 heterocycles. The van der Waals surface area contributed by atoms with Gasteiger partial charge in [-0.3, -0.25) is 9.36 Å². The fraction of sp³-hybridized carbons (Fsp3) is 0.714. The fourth-order valence-electron chi connectivity index (χ4n) is 3.89. The predicted octanol–water partition coefficient (Wildman–Crippen LogP) is 18.3. The van der Waals surface area contributed by atoms with E-state index in [1.807, 2.05) is 35.6 Å². The molecule has 0 fully saturated rings. The molecule has 0 unspecified atom stereocenters. The summed E-state index contributed by atoms with van der Waals surface area (Å²) in [6.07, 6.45) is 19.2. The monoisotopic (exact) mass is 869 g/mol. The quantitative estimate of drug-likeness (QED) is 0.177. The van der Waals surface area contributed by atoms with Gasteiger partial charge >= 0.3 is 0 Å². The minimum Gasteiger partial charge on any atom is -0.253 e. The molecule has 0 atom stereocenters. The van der Waals surface area contributed by atoms with Crippen molar-refractivity contribution in [1.82, 2.24) is 30.0 Å². The summed E-state index contributed by atoms with van der Waals surface area (Å²) in [4.78, 5) is 0. The third kappa shape index (κ3) is 61.0. The molecule has 0 N–H and O–H groups in total. The lowest BCUT2D eigenvalue weighted by Gasteiger charge is -2.18. The second-order valence-corrected chi connectivity index (χ2v) is 16.2. The van der Waals surface area contributed by atoms with E-state index in [0.29, 0.717) is 5.41 Å². The summed E-state index contributed by atoms with van der Waals surface area (Å²) in [7, 11) is 0. The predicted molar refractivity (Wildman–Crippen MR) is 286 cm³/mol. The molecule has 2 aromatic heterocycles. The number of aromatic nitrogens is 6. The van der Waals surface area contributed by atoms with Crippen LogP contribution in [0.2, 0.25) is 0 Å². The van der Waals surface area contributed by atoms with Crippen LogP contribution < -0.4 is 0 Å². The number of aryl methyl sites for hydroxylation is 7. The Morgan fingerprint density at radius 2 is 0.645 bits per heavy atom. The van der Waals surface area contributed by atoms with Gasteiger partial charge in [0.2, 0.25) is 0 Å². The minimum atomic E-state index is 0.395. The summed E-state index contributed by atoms with van der Waals surface area (Å²) in [5.74, 6) is 0. The second kappa shape index (κ2) is 59.8. The first-order chi connectivity index (χ1) is 29.5. The normalized spacial score (nSPS) is 8.97. The molecule has 0 spiro atoms. The Hall–Kier alpha value is -3.28. The van der Waals surface area contributed by atoms with Crippen LogP contribution in [-0.4, -0.2) is 30.0 Å². The van der Waals surface area contributed by atoms with Gasteiger partial charge in [0.25, 0.3) is 0 Å². The van der Waals surface area contributed by atoms with Gasteiger partial charge in [-0.15, -0.1) is 10.2 Å². The second-order valence-electron chi connectivity index (χ2n) is 16.2. The van der Waals surface area contributed by atoms with Crippen molar-refractivity contribution in [3.8, 4) is 0 Å². The molecular formula is C56H112N6. The van der Waals surface area contributed by atoms with Crippen LogP contribution in [0.1, 0.15) is 245 Å². The van der Waals surface area contributed by atoms with Gasteiger partial charge in [-0.1, -0.05) is 256 Å². The van der Waals surface area contributed by atoms with Crippen molar-refractivity contribution < 1.29 is 0 Å². The SMILES string of the molecule is CCC.CCC.CCC.CCC.CCC.CCC.CCC.CCc1ccc(CC)cc1.CCc1cccc(CC(C)(C)C)c1.CCc1cn(CC)nn1.CCc1cn(CC)nn1. The van der Waals surface area contributed by atoms with Crippen LogP contribution in [0, 0.1) is 5.41 Å². The van der Waals surface area contributed by atoms with E-state index < -0.39 is 0 Å². The lowest BCUT2D eigenvalue weighted by Crippen LogP contribution is -2.09. The van der Waals surface area contributed by atoms with Gasteiger partial charge in [0.05, 0.1) is 11.4 Å². The van der Waals surface area contributed by atoms with Gasteiger partial charge in [-0.25, -0.2) is 0 Å². The Balaban J connectivity index is -0.000000114. The highest BCUT2D eigenvalue weighted by Gasteiger charge is 2.10. The molecule has 0 amide bonds. The summed E-state index contributed by atoms with van der Waals surface area (Å²) in [6, 6.07) is 17.7. The molecule has 0 radical (unpaired) electrons. The van der Waals surface area contributed by atoms with E-state index in [4.69, 9.17) is 0 Å². The van der Waals surface area contributed by atoms with E-state index >= 15 is 0 Å². The molecule has 6 nitrogen and oxygen atoms in total. The summed E-state index contributed by atoms with van der Waals surface area (Å²) in [5, 5.41) is 15.6. The molecule has 0 aliphatic carbocycles. The van der Waals surface area contributed by atoms with Crippen LogP contribution in [0.4, 0.5) is 0 Å². The van der Waals surface area contributed by atoms with E-state index in [9.17, 15) is 0 Å². The van der Waals surface area contributed by atoms with E-state index in [1.165, 1.54) is 73.6 Å². The molecule has 0 saturated heterocycles. The standard InChI is InChI=1S/C13H20.C10H14.2C6H11N3.7C3H8/c1-5-11-7-6-8-12(9-11)10-13(2,3)4;1-3-9-5-7-10(4-2)8-6-9;2*1-3-6-5-9(4-2)8-7-6;7*1-3-2/h6-9H,5,10H2,1-4H3;5-8H,3-4H2,1-2H3;2*5H,3-4H2,1-2H3;7*3H2,1-2H3. The van der Waals surface area contributed by atoms with Crippen LogP contribution in [0.5, 0.6) is 0 Å². The Morgan fingerprint density at radius 1 is 0.371 bits per heavy atom. The molecule has 4 rings (SSSR count). The summed E-state index contributed by atoms with van der Waals surface area (Å²) < 4.78 is 3.66. The average molecular weight is 870 g/mol. The van der Waals surface area contributed by atoms with Gasteiger partial charge in [0, 0.05) is 25.5 Å². The van der Waals surface area contributed by atoms with Crippen molar-refractivity contribution in [1.29, 1.82) is 0 Å². The first-order valence-electron chi connectivity index (χ1n) is 25.4. The summed E-state index contributed by atoms with van der Waals surface area (Å²) >= 11 is 0. The zero-order valence-corrected chi connectivity index (χ0v) is 46.6. The Morgan fingerprint density at radius 3 is 0.839 bits per heavy atom. The van der Waals surface area contributed by atoms with Gasteiger partial charge in [-0.2, -0.15) is 0 Å². The van der Waals surface area contributed by atoms with Gasteiger partial charge in [-0.05, 0) is 80.0 Å². The van der Waals surface area contributed by atoms with Crippen molar-refractivity contribution >= 4 is 0 Å². The van der Waals surface area contributed by atoms with Crippen molar-refractivity contribution in [2.45, 2.75) is 263 Å². The maximum absolute atomic E-state index is 3.92.